The van der Waals surface area contributed by atoms with Gasteiger partial charge in [-0.05, 0) is 12.1 Å². The van der Waals surface area contributed by atoms with E-state index in [4.69, 9.17) is 15.3 Å². The Hall–Kier alpha value is -2.04. The molecule has 0 fully saturated rings. The number of aromatic nitrogens is 1. The largest absolute Gasteiger partial charge is 0.508 e. The standard InChI is InChI=1S/C8H6N2O3/c9-7(12)8-10-5-2-1-4(11)3-6(5)13-8/h1-3,11H,(H2,9,12). The number of fused-ring (bicyclic) bond motifs is 1. The normalized spacial score (nSPS) is 10.5. The highest BCUT2D eigenvalue weighted by Crippen LogP contribution is 2.20. The quantitative estimate of drug-likeness (QED) is 0.670. The van der Waals surface area contributed by atoms with Gasteiger partial charge in [0.2, 0.25) is 0 Å². The third-order valence-electron chi connectivity index (χ3n) is 1.58. The van der Waals surface area contributed by atoms with E-state index in [1.807, 2.05) is 0 Å². The van der Waals surface area contributed by atoms with Gasteiger partial charge < -0.3 is 15.3 Å². The summed E-state index contributed by atoms with van der Waals surface area (Å²) in [5, 5.41) is 9.07. The van der Waals surface area contributed by atoms with Crippen LogP contribution in [-0.2, 0) is 0 Å². The van der Waals surface area contributed by atoms with Crippen molar-refractivity contribution in [2.24, 2.45) is 5.73 Å². The fraction of sp³-hybridized carbons (Fsp3) is 0. The molecular weight excluding hydrogens is 172 g/mol. The van der Waals surface area contributed by atoms with Crippen LogP contribution in [0, 0.1) is 0 Å². The lowest BCUT2D eigenvalue weighted by Gasteiger charge is -1.87. The Morgan fingerprint density at radius 2 is 2.31 bits per heavy atom. The van der Waals surface area contributed by atoms with Gasteiger partial charge in [0.1, 0.15) is 11.3 Å². The molecule has 0 saturated heterocycles. The summed E-state index contributed by atoms with van der Waals surface area (Å²) in [4.78, 5) is 14.5. The summed E-state index contributed by atoms with van der Waals surface area (Å²) in [5.74, 6) is -0.823. The first-order valence-electron chi connectivity index (χ1n) is 3.56. The number of nitrogens with two attached hydrogens (primary N) is 1. The lowest BCUT2D eigenvalue weighted by atomic mass is 10.3. The molecule has 0 radical (unpaired) electrons. The van der Waals surface area contributed by atoms with Gasteiger partial charge in [-0.15, -0.1) is 0 Å². The molecule has 0 saturated carbocycles. The van der Waals surface area contributed by atoms with Crippen LogP contribution in [0.1, 0.15) is 10.7 Å². The first-order valence-corrected chi connectivity index (χ1v) is 3.56. The van der Waals surface area contributed by atoms with Crippen LogP contribution in [0.2, 0.25) is 0 Å². The van der Waals surface area contributed by atoms with Crippen molar-refractivity contribution in [1.29, 1.82) is 0 Å². The number of primary amides is 1. The van der Waals surface area contributed by atoms with Gasteiger partial charge in [0.15, 0.2) is 5.58 Å². The Labute approximate surface area is 72.8 Å². The molecule has 2 rings (SSSR count). The lowest BCUT2D eigenvalue weighted by Crippen LogP contribution is -2.10. The van der Waals surface area contributed by atoms with Crippen LogP contribution in [0.5, 0.6) is 5.75 Å². The van der Waals surface area contributed by atoms with Gasteiger partial charge in [-0.3, -0.25) is 4.79 Å². The van der Waals surface area contributed by atoms with Gasteiger partial charge in [-0.2, -0.15) is 0 Å². The summed E-state index contributed by atoms with van der Waals surface area (Å²) < 4.78 is 4.96. The lowest BCUT2D eigenvalue weighted by molar-refractivity contribution is 0.0969. The van der Waals surface area contributed by atoms with Gasteiger partial charge in [0, 0.05) is 6.07 Å². The number of carbonyl (C=O) groups is 1. The van der Waals surface area contributed by atoms with Crippen molar-refractivity contribution < 1.29 is 14.3 Å². The minimum absolute atomic E-state index is 0.0553. The van der Waals surface area contributed by atoms with E-state index in [1.165, 1.54) is 12.1 Å². The Morgan fingerprint density at radius 3 is 3.00 bits per heavy atom. The molecule has 5 nitrogen and oxygen atoms in total. The minimum atomic E-state index is -0.726. The molecule has 1 amide bonds. The van der Waals surface area contributed by atoms with Crippen LogP contribution in [0.3, 0.4) is 0 Å². The van der Waals surface area contributed by atoms with E-state index < -0.39 is 5.91 Å². The van der Waals surface area contributed by atoms with Crippen molar-refractivity contribution in [2.75, 3.05) is 0 Å². The van der Waals surface area contributed by atoms with Crippen molar-refractivity contribution in [2.45, 2.75) is 0 Å². The average molecular weight is 178 g/mol. The van der Waals surface area contributed by atoms with E-state index in [0.29, 0.717) is 11.1 Å². The number of phenols is 1. The first kappa shape index (κ1) is 7.60. The molecular formula is C8H6N2O3. The van der Waals surface area contributed by atoms with Crippen molar-refractivity contribution in [3.05, 3.63) is 24.1 Å². The Bertz CT molecular complexity index is 475. The smallest absolute Gasteiger partial charge is 0.304 e. The third-order valence-corrected chi connectivity index (χ3v) is 1.58. The van der Waals surface area contributed by atoms with Crippen LogP contribution >= 0.6 is 0 Å². The van der Waals surface area contributed by atoms with Crippen LogP contribution < -0.4 is 5.73 Å². The zero-order chi connectivity index (χ0) is 9.42. The van der Waals surface area contributed by atoms with E-state index in [2.05, 4.69) is 4.98 Å². The van der Waals surface area contributed by atoms with E-state index in [9.17, 15) is 4.79 Å². The van der Waals surface area contributed by atoms with Crippen LogP contribution in [-0.4, -0.2) is 16.0 Å². The second-order valence-corrected chi connectivity index (χ2v) is 2.54. The van der Waals surface area contributed by atoms with Crippen molar-refractivity contribution in [1.82, 2.24) is 4.98 Å². The Kier molecular flexibility index (Phi) is 1.45. The predicted octanol–water partition coefficient (Wildman–Crippen LogP) is 0.632. The molecule has 1 heterocycles. The maximum atomic E-state index is 10.7. The highest BCUT2D eigenvalue weighted by Gasteiger charge is 2.10. The second kappa shape index (κ2) is 2.48. The molecule has 0 aliphatic heterocycles. The van der Waals surface area contributed by atoms with Crippen LogP contribution in [0.25, 0.3) is 11.1 Å². The van der Waals surface area contributed by atoms with E-state index in [1.54, 1.807) is 6.07 Å². The number of oxazole rings is 1. The van der Waals surface area contributed by atoms with Gasteiger partial charge >= 0.3 is 5.91 Å². The summed E-state index contributed by atoms with van der Waals surface area (Å²) in [5.41, 5.74) is 5.79. The topological polar surface area (TPSA) is 89.4 Å². The predicted molar refractivity (Wildman–Crippen MR) is 44.2 cm³/mol. The molecule has 0 aliphatic rings. The second-order valence-electron chi connectivity index (χ2n) is 2.54. The van der Waals surface area contributed by atoms with Crippen molar-refractivity contribution in [3.63, 3.8) is 0 Å². The number of phenolic OH excluding ortho intramolecular Hbond substituents is 1. The molecule has 0 spiro atoms. The number of carbonyl (C=O) groups excluding carboxylic acids is 1. The number of hydrogen-bond acceptors (Lipinski definition) is 4. The Morgan fingerprint density at radius 1 is 1.54 bits per heavy atom. The van der Waals surface area contributed by atoms with Gasteiger partial charge in [-0.25, -0.2) is 4.98 Å². The molecule has 0 bridgehead atoms. The molecule has 1 aromatic heterocycles. The number of benzene rings is 1. The van der Waals surface area contributed by atoms with Crippen molar-refractivity contribution >= 4 is 17.0 Å². The molecule has 1 aromatic carbocycles. The summed E-state index contributed by atoms with van der Waals surface area (Å²) in [6, 6.07) is 4.37. The van der Waals surface area contributed by atoms with Crippen molar-refractivity contribution in [3.8, 4) is 5.75 Å². The fourth-order valence-electron chi connectivity index (χ4n) is 1.02. The molecule has 66 valence electrons. The third kappa shape index (κ3) is 1.20. The maximum absolute atomic E-state index is 10.7. The van der Waals surface area contributed by atoms with E-state index in [0.717, 1.165) is 0 Å². The highest BCUT2D eigenvalue weighted by molar-refractivity contribution is 5.91. The van der Waals surface area contributed by atoms with Gasteiger partial charge in [-0.1, -0.05) is 0 Å². The molecule has 0 unspecified atom stereocenters. The SMILES string of the molecule is NC(=O)c1nc2ccc(O)cc2o1. The summed E-state index contributed by atoms with van der Waals surface area (Å²) in [6.45, 7) is 0. The monoisotopic (exact) mass is 178 g/mol. The number of hydrogen-bond donors (Lipinski definition) is 2. The number of rotatable bonds is 1. The molecule has 5 heteroatoms. The zero-order valence-electron chi connectivity index (χ0n) is 6.52. The number of amides is 1. The first-order chi connectivity index (χ1) is 6.16. The average Bonchev–Trinajstić information content (AvgIpc) is 2.46. The molecule has 0 atom stereocenters. The summed E-state index contributed by atoms with van der Waals surface area (Å²) >= 11 is 0. The molecule has 0 aliphatic carbocycles. The zero-order valence-corrected chi connectivity index (χ0v) is 6.52. The van der Waals surface area contributed by atoms with Gasteiger partial charge in [0.05, 0.1) is 0 Å². The fourth-order valence-corrected chi connectivity index (χ4v) is 1.02. The van der Waals surface area contributed by atoms with Gasteiger partial charge in [0.25, 0.3) is 5.89 Å². The van der Waals surface area contributed by atoms with E-state index in [-0.39, 0.29) is 11.6 Å². The molecule has 13 heavy (non-hydrogen) atoms. The Balaban J connectivity index is 2.68. The number of aromatic hydroxyl groups is 1. The number of nitrogens with zero attached hydrogens (tertiary/aromatic N) is 1. The maximum Gasteiger partial charge on any atom is 0.304 e. The molecule has 3 N–H and O–H groups in total. The molecule has 2 aromatic rings. The summed E-state index contributed by atoms with van der Waals surface area (Å²) in [6.07, 6.45) is 0. The van der Waals surface area contributed by atoms with E-state index >= 15 is 0 Å². The summed E-state index contributed by atoms with van der Waals surface area (Å²) in [7, 11) is 0. The minimum Gasteiger partial charge on any atom is -0.508 e. The van der Waals surface area contributed by atoms with Crippen LogP contribution in [0.15, 0.2) is 22.6 Å². The highest BCUT2D eigenvalue weighted by atomic mass is 16.4. The van der Waals surface area contributed by atoms with Crippen LogP contribution in [0.4, 0.5) is 0 Å².